The van der Waals surface area contributed by atoms with Gasteiger partial charge < -0.3 is 10.3 Å². The number of para-hydroxylation sites is 1. The van der Waals surface area contributed by atoms with E-state index in [4.69, 9.17) is 5.84 Å². The third-order valence-corrected chi connectivity index (χ3v) is 2.71. The zero-order valence-electron chi connectivity index (χ0n) is 10.5. The van der Waals surface area contributed by atoms with E-state index in [1.165, 1.54) is 23.1 Å². The lowest BCUT2D eigenvalue weighted by Crippen LogP contribution is -2.33. The highest BCUT2D eigenvalue weighted by Gasteiger charge is 2.23. The van der Waals surface area contributed by atoms with Gasteiger partial charge in [-0.25, -0.2) is 0 Å². The van der Waals surface area contributed by atoms with Crippen LogP contribution in [0, 0.1) is 10.1 Å². The Hall–Kier alpha value is -2.15. The Morgan fingerprint density at radius 3 is 2.56 bits per heavy atom. The third kappa shape index (κ3) is 2.57. The second-order valence-corrected chi connectivity index (χ2v) is 4.11. The summed E-state index contributed by atoms with van der Waals surface area (Å²) in [5.74, 6) is 4.96. The molecule has 0 saturated heterocycles. The molecule has 1 rings (SSSR count). The van der Waals surface area contributed by atoms with Crippen molar-refractivity contribution in [2.75, 3.05) is 12.5 Å². The van der Waals surface area contributed by atoms with Gasteiger partial charge >= 0.3 is 0 Å². The number of nitro benzene ring substituents is 1. The number of anilines is 1. The van der Waals surface area contributed by atoms with Crippen molar-refractivity contribution in [3.05, 3.63) is 33.9 Å². The number of nitrogens with one attached hydrogen (secondary N) is 1. The van der Waals surface area contributed by atoms with E-state index in [1.807, 2.05) is 13.8 Å². The second kappa shape index (κ2) is 5.46. The lowest BCUT2D eigenvalue weighted by Gasteiger charge is -2.22. The van der Waals surface area contributed by atoms with Gasteiger partial charge in [0.05, 0.1) is 10.5 Å². The number of hydrogen-bond acceptors (Lipinski definition) is 5. The van der Waals surface area contributed by atoms with Crippen molar-refractivity contribution in [1.82, 2.24) is 4.90 Å². The zero-order valence-corrected chi connectivity index (χ0v) is 10.5. The van der Waals surface area contributed by atoms with Crippen LogP contribution in [0.2, 0.25) is 0 Å². The lowest BCUT2D eigenvalue weighted by molar-refractivity contribution is -0.384. The Kier molecular flexibility index (Phi) is 4.22. The number of carbonyl (C=O) groups excluding carboxylic acids is 1. The number of rotatable bonds is 4. The van der Waals surface area contributed by atoms with Crippen molar-refractivity contribution in [3.63, 3.8) is 0 Å². The number of nitrogen functional groups attached to an aromatic ring is 1. The van der Waals surface area contributed by atoms with E-state index in [0.717, 1.165) is 0 Å². The van der Waals surface area contributed by atoms with E-state index in [1.54, 1.807) is 7.05 Å². The summed E-state index contributed by atoms with van der Waals surface area (Å²) in [5.41, 5.74) is 2.22. The van der Waals surface area contributed by atoms with Crippen molar-refractivity contribution >= 4 is 17.3 Å². The molecule has 0 spiro atoms. The summed E-state index contributed by atoms with van der Waals surface area (Å²) in [6, 6.07) is 4.24. The number of carbonyl (C=O) groups is 1. The van der Waals surface area contributed by atoms with Crippen molar-refractivity contribution in [2.24, 2.45) is 5.84 Å². The van der Waals surface area contributed by atoms with Crippen molar-refractivity contribution in [1.29, 1.82) is 0 Å². The number of nitrogens with two attached hydrogens (primary N) is 1. The monoisotopic (exact) mass is 252 g/mol. The van der Waals surface area contributed by atoms with Crippen LogP contribution in [-0.2, 0) is 0 Å². The Labute approximate surface area is 105 Å². The van der Waals surface area contributed by atoms with Crippen LogP contribution in [0.25, 0.3) is 0 Å². The van der Waals surface area contributed by atoms with Gasteiger partial charge in [0.15, 0.2) is 0 Å². The number of benzene rings is 1. The van der Waals surface area contributed by atoms with Gasteiger partial charge in [-0.2, -0.15) is 0 Å². The highest BCUT2D eigenvalue weighted by molar-refractivity contribution is 6.01. The molecule has 0 atom stereocenters. The average molecular weight is 252 g/mol. The minimum Gasteiger partial charge on any atom is -0.339 e. The molecule has 18 heavy (non-hydrogen) atoms. The Morgan fingerprint density at radius 1 is 1.50 bits per heavy atom. The van der Waals surface area contributed by atoms with E-state index in [0.29, 0.717) is 0 Å². The fourth-order valence-electron chi connectivity index (χ4n) is 1.45. The first kappa shape index (κ1) is 13.9. The molecule has 1 aromatic carbocycles. The minimum absolute atomic E-state index is 0.0117. The molecule has 0 bridgehead atoms. The molecule has 0 aliphatic carbocycles. The molecule has 0 heterocycles. The molecule has 0 aromatic heterocycles. The highest BCUT2D eigenvalue weighted by atomic mass is 16.6. The number of hydrogen-bond donors (Lipinski definition) is 2. The van der Waals surface area contributed by atoms with Crippen LogP contribution in [0.1, 0.15) is 24.2 Å². The molecule has 0 unspecified atom stereocenters. The van der Waals surface area contributed by atoms with Crippen LogP contribution < -0.4 is 11.3 Å². The SMILES string of the molecule is CC(C)N(C)C(=O)c1cccc([N+](=O)[O-])c1NN. The molecule has 1 aromatic rings. The van der Waals surface area contributed by atoms with E-state index in [-0.39, 0.29) is 28.9 Å². The van der Waals surface area contributed by atoms with Crippen molar-refractivity contribution in [2.45, 2.75) is 19.9 Å². The summed E-state index contributed by atoms with van der Waals surface area (Å²) >= 11 is 0. The molecule has 0 aliphatic heterocycles. The molecule has 7 heteroatoms. The number of nitro groups is 1. The maximum atomic E-state index is 12.1. The topological polar surface area (TPSA) is 102 Å². The predicted octanol–water partition coefficient (Wildman–Crippen LogP) is 1.36. The molecule has 3 N–H and O–H groups in total. The van der Waals surface area contributed by atoms with Gasteiger partial charge in [-0.05, 0) is 19.9 Å². The van der Waals surface area contributed by atoms with E-state index >= 15 is 0 Å². The molecule has 0 radical (unpaired) electrons. The van der Waals surface area contributed by atoms with Gasteiger partial charge in [-0.3, -0.25) is 20.8 Å². The van der Waals surface area contributed by atoms with Crippen molar-refractivity contribution < 1.29 is 9.72 Å². The number of hydrazine groups is 1. The number of amides is 1. The summed E-state index contributed by atoms with van der Waals surface area (Å²) in [6.07, 6.45) is 0. The maximum Gasteiger partial charge on any atom is 0.294 e. The molecule has 0 saturated carbocycles. The van der Waals surface area contributed by atoms with Crippen LogP contribution in [0.5, 0.6) is 0 Å². The second-order valence-electron chi connectivity index (χ2n) is 4.11. The molecular weight excluding hydrogens is 236 g/mol. The van der Waals surface area contributed by atoms with Gasteiger partial charge in [-0.1, -0.05) is 6.07 Å². The van der Waals surface area contributed by atoms with Crippen LogP contribution in [0.15, 0.2) is 18.2 Å². The summed E-state index contributed by atoms with van der Waals surface area (Å²) in [4.78, 5) is 23.9. The molecule has 0 fully saturated rings. The fraction of sp³-hybridized carbons (Fsp3) is 0.364. The summed E-state index contributed by atoms with van der Waals surface area (Å²) < 4.78 is 0. The highest BCUT2D eigenvalue weighted by Crippen LogP contribution is 2.28. The number of nitrogens with zero attached hydrogens (tertiary/aromatic N) is 2. The van der Waals surface area contributed by atoms with Gasteiger partial charge in [0, 0.05) is 19.2 Å². The van der Waals surface area contributed by atoms with Crippen LogP contribution in [0.4, 0.5) is 11.4 Å². The Morgan fingerprint density at radius 2 is 2.11 bits per heavy atom. The zero-order chi connectivity index (χ0) is 13.9. The molecule has 7 nitrogen and oxygen atoms in total. The largest absolute Gasteiger partial charge is 0.339 e. The molecule has 0 aliphatic rings. The van der Waals surface area contributed by atoms with E-state index in [2.05, 4.69) is 5.43 Å². The fourth-order valence-corrected chi connectivity index (χ4v) is 1.45. The molecule has 98 valence electrons. The van der Waals surface area contributed by atoms with E-state index < -0.39 is 4.92 Å². The van der Waals surface area contributed by atoms with E-state index in [9.17, 15) is 14.9 Å². The van der Waals surface area contributed by atoms with Gasteiger partial charge in [0.1, 0.15) is 5.69 Å². The van der Waals surface area contributed by atoms with Crippen LogP contribution in [-0.4, -0.2) is 28.8 Å². The minimum atomic E-state index is -0.582. The van der Waals surface area contributed by atoms with Crippen LogP contribution in [0.3, 0.4) is 0 Å². The summed E-state index contributed by atoms with van der Waals surface area (Å²) in [6.45, 7) is 3.70. The van der Waals surface area contributed by atoms with Gasteiger partial charge in [0.2, 0.25) is 0 Å². The predicted molar refractivity (Wildman–Crippen MR) is 68.1 cm³/mol. The first-order valence-electron chi connectivity index (χ1n) is 5.41. The quantitative estimate of drug-likeness (QED) is 0.478. The third-order valence-electron chi connectivity index (χ3n) is 2.71. The van der Waals surface area contributed by atoms with Gasteiger partial charge in [-0.15, -0.1) is 0 Å². The summed E-state index contributed by atoms with van der Waals surface area (Å²) in [7, 11) is 1.63. The smallest absolute Gasteiger partial charge is 0.294 e. The van der Waals surface area contributed by atoms with Crippen LogP contribution >= 0.6 is 0 Å². The maximum absolute atomic E-state index is 12.1. The lowest BCUT2D eigenvalue weighted by atomic mass is 10.1. The standard InChI is InChI=1S/C11H16N4O3/c1-7(2)14(3)11(16)8-5-4-6-9(15(17)18)10(8)13-12/h4-7,13H,12H2,1-3H3. The average Bonchev–Trinajstić information content (AvgIpc) is 2.35. The first-order valence-corrected chi connectivity index (χ1v) is 5.41. The Balaban J connectivity index is 3.29. The van der Waals surface area contributed by atoms with Gasteiger partial charge in [0.25, 0.3) is 11.6 Å². The molecular formula is C11H16N4O3. The Bertz CT molecular complexity index is 473. The van der Waals surface area contributed by atoms with Crippen molar-refractivity contribution in [3.8, 4) is 0 Å². The normalized spacial score (nSPS) is 10.3. The molecule has 1 amide bonds. The first-order chi connectivity index (χ1) is 8.40. The summed E-state index contributed by atoms with van der Waals surface area (Å²) in [5, 5.41) is 10.8.